The molecule has 0 amide bonds. The van der Waals surface area contributed by atoms with E-state index in [2.05, 4.69) is 0 Å². The van der Waals surface area contributed by atoms with Gasteiger partial charge in [-0.1, -0.05) is 51.1 Å². The van der Waals surface area contributed by atoms with Crippen molar-refractivity contribution in [2.24, 2.45) is 5.41 Å². The number of hydrogen-bond acceptors (Lipinski definition) is 4. The zero-order valence-electron chi connectivity index (χ0n) is 13.5. The van der Waals surface area contributed by atoms with E-state index in [9.17, 15) is 9.59 Å². The van der Waals surface area contributed by atoms with E-state index in [1.807, 2.05) is 26.8 Å². The van der Waals surface area contributed by atoms with Gasteiger partial charge in [-0.15, -0.1) is 0 Å². The molecule has 0 spiro atoms. The monoisotopic (exact) mass is 312 g/mol. The maximum atomic E-state index is 12.3. The van der Waals surface area contributed by atoms with Gasteiger partial charge < -0.3 is 9.47 Å². The lowest BCUT2D eigenvalue weighted by Crippen LogP contribution is -2.21. The predicted octanol–water partition coefficient (Wildman–Crippen LogP) is 4.11. The molecule has 0 atom stereocenters. The number of para-hydroxylation sites is 1. The Morgan fingerprint density at radius 2 is 1.35 bits per heavy atom. The summed E-state index contributed by atoms with van der Waals surface area (Å²) in [6.45, 7) is 6.18. The highest BCUT2D eigenvalue weighted by atomic mass is 16.5. The van der Waals surface area contributed by atoms with Crippen LogP contribution in [0.5, 0.6) is 5.75 Å². The van der Waals surface area contributed by atoms with Gasteiger partial charge in [0.25, 0.3) is 0 Å². The van der Waals surface area contributed by atoms with Gasteiger partial charge in [0.2, 0.25) is 0 Å². The molecule has 0 saturated heterocycles. The van der Waals surface area contributed by atoms with Gasteiger partial charge in [0, 0.05) is 0 Å². The summed E-state index contributed by atoms with van der Waals surface area (Å²) < 4.78 is 10.6. The van der Waals surface area contributed by atoms with Crippen LogP contribution in [0, 0.1) is 5.41 Å². The van der Waals surface area contributed by atoms with Gasteiger partial charge in [-0.3, -0.25) is 0 Å². The van der Waals surface area contributed by atoms with E-state index in [1.165, 1.54) is 0 Å². The normalized spacial score (nSPS) is 10.9. The van der Waals surface area contributed by atoms with Crippen molar-refractivity contribution in [2.75, 3.05) is 6.61 Å². The van der Waals surface area contributed by atoms with E-state index in [4.69, 9.17) is 9.47 Å². The van der Waals surface area contributed by atoms with Crippen LogP contribution in [0.15, 0.2) is 54.6 Å². The van der Waals surface area contributed by atoms with E-state index in [0.29, 0.717) is 5.75 Å². The number of ether oxygens (including phenoxy) is 2. The minimum Gasteiger partial charge on any atom is -0.462 e. The Kier molecular flexibility index (Phi) is 5.16. The Morgan fingerprint density at radius 1 is 0.826 bits per heavy atom. The van der Waals surface area contributed by atoms with Crippen LogP contribution in [0.3, 0.4) is 0 Å². The topological polar surface area (TPSA) is 52.6 Å². The van der Waals surface area contributed by atoms with E-state index < -0.39 is 11.9 Å². The van der Waals surface area contributed by atoms with Crippen molar-refractivity contribution in [3.8, 4) is 5.75 Å². The molecule has 0 aliphatic heterocycles. The average Bonchev–Trinajstić information content (AvgIpc) is 2.53. The first-order valence-electron chi connectivity index (χ1n) is 7.40. The number of esters is 2. The van der Waals surface area contributed by atoms with Gasteiger partial charge in [0.1, 0.15) is 5.75 Å². The van der Waals surface area contributed by atoms with Gasteiger partial charge in [-0.2, -0.15) is 0 Å². The molecule has 2 aromatic carbocycles. The fraction of sp³-hybridized carbons (Fsp3) is 0.263. The van der Waals surface area contributed by atoms with Crippen molar-refractivity contribution >= 4 is 11.9 Å². The first-order valence-corrected chi connectivity index (χ1v) is 7.40. The van der Waals surface area contributed by atoms with E-state index in [1.54, 1.807) is 48.5 Å². The predicted molar refractivity (Wildman–Crippen MR) is 87.6 cm³/mol. The fourth-order valence-corrected chi connectivity index (χ4v) is 1.85. The molecule has 4 nitrogen and oxygen atoms in total. The zero-order valence-corrected chi connectivity index (χ0v) is 13.5. The summed E-state index contributed by atoms with van der Waals surface area (Å²) >= 11 is 0. The number of carbonyl (C=O) groups excluding carboxylic acids is 2. The third-order valence-electron chi connectivity index (χ3n) is 2.96. The van der Waals surface area contributed by atoms with Gasteiger partial charge >= 0.3 is 11.9 Å². The fourth-order valence-electron chi connectivity index (χ4n) is 1.85. The van der Waals surface area contributed by atoms with Crippen LogP contribution in [0.2, 0.25) is 0 Å². The minimum atomic E-state index is -0.584. The SMILES string of the molecule is CC(C)(C)COC(=O)c1ccccc1C(=O)Oc1ccccc1. The summed E-state index contributed by atoms with van der Waals surface area (Å²) in [5, 5.41) is 0. The van der Waals surface area contributed by atoms with Gasteiger partial charge in [0.15, 0.2) is 0 Å². The number of rotatable bonds is 4. The maximum absolute atomic E-state index is 12.3. The smallest absolute Gasteiger partial charge is 0.344 e. The minimum absolute atomic E-state index is 0.144. The number of benzene rings is 2. The second kappa shape index (κ2) is 7.09. The standard InChI is InChI=1S/C19H20O4/c1-19(2,3)13-22-17(20)15-11-7-8-12-16(15)18(21)23-14-9-5-4-6-10-14/h4-12H,13H2,1-3H3. The summed E-state index contributed by atoms with van der Waals surface area (Å²) in [6.07, 6.45) is 0. The van der Waals surface area contributed by atoms with Crippen LogP contribution in [0.25, 0.3) is 0 Å². The van der Waals surface area contributed by atoms with Crippen molar-refractivity contribution in [1.82, 2.24) is 0 Å². The Hall–Kier alpha value is -2.62. The lowest BCUT2D eigenvalue weighted by atomic mass is 9.98. The van der Waals surface area contributed by atoms with Crippen molar-refractivity contribution in [3.63, 3.8) is 0 Å². The lowest BCUT2D eigenvalue weighted by molar-refractivity contribution is 0.0362. The molecule has 0 aromatic heterocycles. The highest BCUT2D eigenvalue weighted by Crippen LogP contribution is 2.18. The summed E-state index contributed by atoms with van der Waals surface area (Å²) in [7, 11) is 0. The summed E-state index contributed by atoms with van der Waals surface area (Å²) in [5.41, 5.74) is 0.253. The van der Waals surface area contributed by atoms with E-state index in [0.717, 1.165) is 0 Å². The molecule has 0 N–H and O–H groups in total. The second-order valence-corrected chi connectivity index (χ2v) is 6.38. The summed E-state index contributed by atoms with van der Waals surface area (Å²) in [5.74, 6) is -0.685. The Labute approximate surface area is 136 Å². The van der Waals surface area contributed by atoms with E-state index in [-0.39, 0.29) is 23.1 Å². The lowest BCUT2D eigenvalue weighted by Gasteiger charge is -2.18. The molecule has 4 heteroatoms. The maximum Gasteiger partial charge on any atom is 0.344 e. The molecule has 0 aliphatic carbocycles. The van der Waals surface area contributed by atoms with Gasteiger partial charge in [0.05, 0.1) is 17.7 Å². The molecule has 0 heterocycles. The Morgan fingerprint density at radius 3 is 1.91 bits per heavy atom. The average molecular weight is 312 g/mol. The quantitative estimate of drug-likeness (QED) is 0.630. The molecule has 23 heavy (non-hydrogen) atoms. The summed E-state index contributed by atoms with van der Waals surface area (Å²) in [4.78, 5) is 24.5. The van der Waals surface area contributed by atoms with Crippen LogP contribution < -0.4 is 4.74 Å². The highest BCUT2D eigenvalue weighted by Gasteiger charge is 2.21. The second-order valence-electron chi connectivity index (χ2n) is 6.38. The number of hydrogen-bond donors (Lipinski definition) is 0. The molecule has 2 aromatic rings. The largest absolute Gasteiger partial charge is 0.462 e. The molecule has 0 fully saturated rings. The van der Waals surface area contributed by atoms with Crippen LogP contribution in [-0.4, -0.2) is 18.5 Å². The Balaban J connectivity index is 2.16. The van der Waals surface area contributed by atoms with Crippen molar-refractivity contribution in [2.45, 2.75) is 20.8 Å². The molecular formula is C19H20O4. The summed E-state index contributed by atoms with van der Waals surface area (Å²) in [6, 6.07) is 15.2. The van der Waals surface area contributed by atoms with Crippen molar-refractivity contribution in [1.29, 1.82) is 0 Å². The molecular weight excluding hydrogens is 292 g/mol. The van der Waals surface area contributed by atoms with Gasteiger partial charge in [-0.05, 0) is 29.7 Å². The van der Waals surface area contributed by atoms with Crippen LogP contribution in [0.1, 0.15) is 41.5 Å². The van der Waals surface area contributed by atoms with E-state index >= 15 is 0 Å². The first kappa shape index (κ1) is 16.7. The third kappa shape index (κ3) is 4.95. The molecule has 0 unspecified atom stereocenters. The number of carbonyl (C=O) groups is 2. The Bertz CT molecular complexity index is 684. The first-order chi connectivity index (χ1) is 10.9. The highest BCUT2D eigenvalue weighted by molar-refractivity contribution is 6.03. The molecule has 0 aliphatic rings. The van der Waals surface area contributed by atoms with Gasteiger partial charge in [-0.25, -0.2) is 9.59 Å². The molecule has 0 bridgehead atoms. The molecule has 0 saturated carbocycles. The van der Waals surface area contributed by atoms with Crippen molar-refractivity contribution in [3.05, 3.63) is 65.7 Å². The van der Waals surface area contributed by atoms with Crippen LogP contribution in [0.4, 0.5) is 0 Å². The molecule has 2 rings (SSSR count). The molecule has 0 radical (unpaired) electrons. The third-order valence-corrected chi connectivity index (χ3v) is 2.96. The van der Waals surface area contributed by atoms with Crippen molar-refractivity contribution < 1.29 is 19.1 Å². The zero-order chi connectivity index (χ0) is 16.9. The van der Waals surface area contributed by atoms with Crippen LogP contribution >= 0.6 is 0 Å². The van der Waals surface area contributed by atoms with Crippen LogP contribution in [-0.2, 0) is 4.74 Å². The molecule has 120 valence electrons.